The summed E-state index contributed by atoms with van der Waals surface area (Å²) in [5, 5.41) is 0. The summed E-state index contributed by atoms with van der Waals surface area (Å²) in [5.74, 6) is 0.0410. The van der Waals surface area contributed by atoms with Crippen LogP contribution in [0.4, 0.5) is 22.0 Å². The molecule has 1 aromatic carbocycles. The van der Waals surface area contributed by atoms with E-state index in [1.807, 2.05) is 0 Å². The van der Waals surface area contributed by atoms with Gasteiger partial charge in [0.05, 0.1) is 0 Å². The minimum atomic E-state index is -5.00. The third-order valence-corrected chi connectivity index (χ3v) is 7.89. The Morgan fingerprint density at radius 2 is 1.31 bits per heavy atom. The van der Waals surface area contributed by atoms with E-state index in [9.17, 15) is 22.0 Å². The Bertz CT molecular complexity index is 712. The van der Waals surface area contributed by atoms with Gasteiger partial charge in [0.15, 0.2) is 0 Å². The van der Waals surface area contributed by atoms with Crippen LogP contribution in [0.2, 0.25) is 0 Å². The summed E-state index contributed by atoms with van der Waals surface area (Å²) in [6, 6.07) is 1.71. The maximum Gasteiger partial charge on any atom is 0.422 e. The molecule has 5 heteroatoms. The van der Waals surface area contributed by atoms with E-state index in [0.717, 1.165) is 49.1 Å². The molecular weight excluding hydrogens is 419 g/mol. The summed E-state index contributed by atoms with van der Waals surface area (Å²) >= 11 is 0. The molecule has 2 aliphatic rings. The molecule has 0 aliphatic heterocycles. The molecule has 3 rings (SSSR count). The van der Waals surface area contributed by atoms with E-state index in [0.29, 0.717) is 17.9 Å². The average Bonchev–Trinajstić information content (AvgIpc) is 2.75. The zero-order valence-corrected chi connectivity index (χ0v) is 19.2. The number of halogens is 5. The van der Waals surface area contributed by atoms with Gasteiger partial charge in [0.25, 0.3) is 0 Å². The van der Waals surface area contributed by atoms with E-state index in [4.69, 9.17) is 0 Å². The highest BCUT2D eigenvalue weighted by atomic mass is 19.4. The topological polar surface area (TPSA) is 0 Å². The van der Waals surface area contributed by atoms with Crippen molar-refractivity contribution in [3.05, 3.63) is 47.0 Å². The van der Waals surface area contributed by atoms with Gasteiger partial charge in [-0.3, -0.25) is 0 Å². The zero-order chi connectivity index (χ0) is 23.1. The van der Waals surface area contributed by atoms with Crippen molar-refractivity contribution in [1.29, 1.82) is 0 Å². The van der Waals surface area contributed by atoms with E-state index in [1.165, 1.54) is 57.8 Å². The van der Waals surface area contributed by atoms with Gasteiger partial charge in [-0.05, 0) is 99.7 Å². The Labute approximate surface area is 189 Å². The van der Waals surface area contributed by atoms with Crippen molar-refractivity contribution in [2.24, 2.45) is 23.7 Å². The first-order valence-electron chi connectivity index (χ1n) is 12.4. The van der Waals surface area contributed by atoms with E-state index in [1.54, 1.807) is 0 Å². The molecule has 0 aromatic heterocycles. The molecule has 0 saturated heterocycles. The minimum absolute atomic E-state index is 0.322. The van der Waals surface area contributed by atoms with Crippen LogP contribution in [0.5, 0.6) is 0 Å². The summed E-state index contributed by atoms with van der Waals surface area (Å²) < 4.78 is 65.8. The lowest BCUT2D eigenvalue weighted by Gasteiger charge is -2.38. The third-order valence-electron chi connectivity index (χ3n) is 7.89. The van der Waals surface area contributed by atoms with Gasteiger partial charge in [0.2, 0.25) is 0 Å². The molecule has 2 aliphatic carbocycles. The number of benzene rings is 1. The quantitative estimate of drug-likeness (QED) is 0.208. The fourth-order valence-corrected chi connectivity index (χ4v) is 6.00. The van der Waals surface area contributed by atoms with Crippen molar-refractivity contribution in [3.8, 4) is 0 Å². The van der Waals surface area contributed by atoms with E-state index >= 15 is 0 Å². The lowest BCUT2D eigenvalue weighted by Crippen LogP contribution is -2.26. The number of unbranched alkanes of at least 4 members (excludes halogenated alkanes) is 1. The molecule has 2 fully saturated rings. The molecule has 2 saturated carbocycles. The number of alkyl halides is 3. The van der Waals surface area contributed by atoms with Crippen LogP contribution in [0, 0.1) is 35.3 Å². The molecule has 0 radical (unpaired) electrons. The highest BCUT2D eigenvalue weighted by Gasteiger charge is 2.38. The van der Waals surface area contributed by atoms with Crippen LogP contribution in [-0.2, 0) is 12.6 Å². The van der Waals surface area contributed by atoms with Crippen LogP contribution in [0.3, 0.4) is 0 Å². The number of aryl methyl sites for hydroxylation is 1. The molecule has 1 aromatic rings. The highest BCUT2D eigenvalue weighted by Crippen LogP contribution is 2.43. The largest absolute Gasteiger partial charge is 0.422 e. The zero-order valence-electron chi connectivity index (χ0n) is 19.2. The Kier molecular flexibility index (Phi) is 9.19. The molecule has 0 unspecified atom stereocenters. The molecule has 0 atom stereocenters. The lowest BCUT2D eigenvalue weighted by molar-refractivity contribution is -0.142. The molecule has 0 nitrogen and oxygen atoms in total. The van der Waals surface area contributed by atoms with Crippen LogP contribution < -0.4 is 0 Å². The fourth-order valence-electron chi connectivity index (χ4n) is 6.00. The predicted molar refractivity (Wildman–Crippen MR) is 119 cm³/mol. The number of hydrogen-bond acceptors (Lipinski definition) is 0. The van der Waals surface area contributed by atoms with Crippen LogP contribution in [0.15, 0.2) is 24.3 Å². The van der Waals surface area contributed by atoms with Gasteiger partial charge >= 0.3 is 6.18 Å². The first kappa shape index (κ1) is 25.2. The van der Waals surface area contributed by atoms with Gasteiger partial charge < -0.3 is 0 Å². The summed E-state index contributed by atoms with van der Waals surface area (Å²) in [5.41, 5.74) is -1.46. The second-order valence-corrected chi connectivity index (χ2v) is 10.0. The Balaban J connectivity index is 1.39. The molecule has 0 amide bonds. The van der Waals surface area contributed by atoms with Crippen molar-refractivity contribution in [3.63, 3.8) is 0 Å². The second kappa shape index (κ2) is 11.7. The first-order valence-corrected chi connectivity index (χ1v) is 12.4. The minimum Gasteiger partial charge on any atom is -0.206 e. The van der Waals surface area contributed by atoms with Crippen LogP contribution in [-0.4, -0.2) is 0 Å². The van der Waals surface area contributed by atoms with Crippen molar-refractivity contribution < 1.29 is 22.0 Å². The third kappa shape index (κ3) is 7.05. The maximum atomic E-state index is 13.8. The Morgan fingerprint density at radius 1 is 0.812 bits per heavy atom. The summed E-state index contributed by atoms with van der Waals surface area (Å²) in [4.78, 5) is 0. The molecule has 0 bridgehead atoms. The van der Waals surface area contributed by atoms with Gasteiger partial charge in [-0.25, -0.2) is 8.78 Å². The SMILES string of the molecule is C/C=C/CCC[C@H]1CC[C@H]([C@H]2CC[C@H](CCc3cc(F)c(C(F)(F)F)c(F)c3)CC2)CC1. The first-order chi connectivity index (χ1) is 15.3. The average molecular weight is 457 g/mol. The Hall–Kier alpha value is -1.39. The molecule has 0 spiro atoms. The predicted octanol–water partition coefficient (Wildman–Crippen LogP) is 9.28. The fraction of sp³-hybridized carbons (Fsp3) is 0.704. The monoisotopic (exact) mass is 456 g/mol. The molecule has 0 N–H and O–H groups in total. The van der Waals surface area contributed by atoms with Gasteiger partial charge in [0.1, 0.15) is 17.2 Å². The summed E-state index contributed by atoms with van der Waals surface area (Å²) in [7, 11) is 0. The molecule has 0 heterocycles. The van der Waals surface area contributed by atoms with Crippen molar-refractivity contribution in [2.45, 2.75) is 96.6 Å². The lowest BCUT2D eigenvalue weighted by atomic mass is 9.68. The van der Waals surface area contributed by atoms with E-state index in [-0.39, 0.29) is 0 Å². The van der Waals surface area contributed by atoms with Crippen molar-refractivity contribution in [2.75, 3.05) is 0 Å². The van der Waals surface area contributed by atoms with E-state index in [2.05, 4.69) is 19.1 Å². The molecular formula is C27H37F5. The highest BCUT2D eigenvalue weighted by molar-refractivity contribution is 5.28. The van der Waals surface area contributed by atoms with E-state index < -0.39 is 23.4 Å². The van der Waals surface area contributed by atoms with Crippen molar-refractivity contribution in [1.82, 2.24) is 0 Å². The maximum absolute atomic E-state index is 13.8. The normalized spacial score (nSPS) is 27.2. The van der Waals surface area contributed by atoms with Crippen molar-refractivity contribution >= 4 is 0 Å². The second-order valence-electron chi connectivity index (χ2n) is 10.0. The van der Waals surface area contributed by atoms with Gasteiger partial charge in [-0.2, -0.15) is 13.2 Å². The van der Waals surface area contributed by atoms with Crippen LogP contribution >= 0.6 is 0 Å². The number of allylic oxidation sites excluding steroid dienone is 2. The Morgan fingerprint density at radius 3 is 1.78 bits per heavy atom. The number of rotatable bonds is 8. The van der Waals surface area contributed by atoms with Crippen LogP contribution in [0.25, 0.3) is 0 Å². The molecule has 32 heavy (non-hydrogen) atoms. The van der Waals surface area contributed by atoms with Gasteiger partial charge in [-0.1, -0.05) is 44.3 Å². The summed E-state index contributed by atoms with van der Waals surface area (Å²) in [6.07, 6.45) is 14.6. The smallest absolute Gasteiger partial charge is 0.206 e. The number of hydrogen-bond donors (Lipinski definition) is 0. The molecule has 180 valence electrons. The van der Waals surface area contributed by atoms with Gasteiger partial charge in [-0.15, -0.1) is 0 Å². The standard InChI is InChI=1S/C27H37F5/c1-2-3-4-5-6-19-9-13-22(14-10-19)23-15-11-20(12-16-23)7-8-21-17-24(28)26(25(29)18-21)27(30,31)32/h2-3,17-20,22-23H,4-16H2,1H3/b3-2+/t19-,20-,22-,23-. The van der Waals surface area contributed by atoms with Crippen LogP contribution in [0.1, 0.15) is 95.1 Å². The summed E-state index contributed by atoms with van der Waals surface area (Å²) in [6.45, 7) is 2.08. The van der Waals surface area contributed by atoms with Gasteiger partial charge in [0, 0.05) is 0 Å².